The molecule has 13 heteroatoms. The molecule has 2 aliphatic rings. The van der Waals surface area contributed by atoms with Crippen molar-refractivity contribution in [3.05, 3.63) is 179 Å². The van der Waals surface area contributed by atoms with Gasteiger partial charge in [-0.15, -0.1) is 0 Å². The third-order valence-electron chi connectivity index (χ3n) is 9.58. The van der Waals surface area contributed by atoms with Crippen molar-refractivity contribution in [2.45, 2.75) is 49.6 Å². The molecule has 7 rings (SSSR count). The van der Waals surface area contributed by atoms with Gasteiger partial charge in [0.25, 0.3) is 0 Å². The largest absolute Gasteiger partial charge is 0.454 e. The van der Waals surface area contributed by atoms with Crippen LogP contribution in [0.3, 0.4) is 0 Å². The van der Waals surface area contributed by atoms with E-state index in [4.69, 9.17) is 33.2 Å². The Bertz CT molecular complexity index is 2110. The Morgan fingerprint density at radius 1 is 0.400 bits per heavy atom. The number of halogens is 1. The highest BCUT2D eigenvalue weighted by atomic mass is 79.9. The fraction of sp³-hybridized carbons (Fsp3) is 0.255. The van der Waals surface area contributed by atoms with Crippen LogP contribution in [0, 0.1) is 11.8 Å². The monoisotopic (exact) mass is 878 g/mol. The molecule has 2 fully saturated rings. The van der Waals surface area contributed by atoms with Gasteiger partial charge in [0.05, 0.1) is 41.0 Å². The van der Waals surface area contributed by atoms with Gasteiger partial charge >= 0.3 is 29.8 Å². The lowest BCUT2D eigenvalue weighted by Crippen LogP contribution is -2.54. The summed E-state index contributed by atoms with van der Waals surface area (Å²) in [5.74, 6) is -3.26. The molecule has 2 aliphatic heterocycles. The first kappa shape index (κ1) is 43.4. The maximum absolute atomic E-state index is 12.9. The molecule has 0 amide bonds. The lowest BCUT2D eigenvalue weighted by atomic mass is 9.96. The quantitative estimate of drug-likeness (QED) is 0.0758. The standard InChI is InChI=1S/C27H24O7.C20H19BrO5/c1-18-17-31-27(34-26(30)21-15-9-4-10-16-21)23(33-25(29)20-13-7-3-8-14-20)22(18)32-24(28)19-11-5-2-6-12-19;1-13-12-24-18(21)17(26-20(23)15-10-6-3-7-11-15)16(13)25-19(22)14-8-4-2-5-9-14/h2-16,18,22-23,27H,17H2,1H3;2-11,13,16-18H,12H2,1H3/t18-,22+,23?,27-;13-,16+,17?,18+/m00/s1. The second-order valence-electron chi connectivity index (χ2n) is 14.1. The SMILES string of the molecule is C[C@H]1CO[C@@H](Br)C(OC(=O)c2ccccc2)[C@@H]1OC(=O)c1ccccc1.C[C@H]1CO[C@@H](OC(=O)c2ccccc2)C(OC(=O)c2ccccc2)[C@@H]1OC(=O)c1ccccc1. The van der Waals surface area contributed by atoms with Crippen molar-refractivity contribution in [1.29, 1.82) is 0 Å². The van der Waals surface area contributed by atoms with E-state index in [-0.39, 0.29) is 18.4 Å². The smallest absolute Gasteiger partial charge is 0.340 e. The first-order chi connectivity index (χ1) is 29.1. The normalized spacial score (nSPS) is 23.3. The summed E-state index contributed by atoms with van der Waals surface area (Å²) in [5, 5.41) is -0.556. The summed E-state index contributed by atoms with van der Waals surface area (Å²) in [4.78, 5) is 63.2. The lowest BCUT2D eigenvalue weighted by molar-refractivity contribution is -0.236. The second kappa shape index (κ2) is 21.2. The zero-order valence-corrected chi connectivity index (χ0v) is 34.3. The summed E-state index contributed by atoms with van der Waals surface area (Å²) in [5.41, 5.74) is 1.86. The van der Waals surface area contributed by atoms with E-state index in [2.05, 4.69) is 15.9 Å². The van der Waals surface area contributed by atoms with Crippen molar-refractivity contribution in [1.82, 2.24) is 0 Å². The predicted octanol–water partition coefficient (Wildman–Crippen LogP) is 8.11. The van der Waals surface area contributed by atoms with Crippen LogP contribution in [-0.2, 0) is 33.2 Å². The molecule has 5 aromatic rings. The summed E-state index contributed by atoms with van der Waals surface area (Å²) in [7, 11) is 0. The van der Waals surface area contributed by atoms with Crippen molar-refractivity contribution in [3.63, 3.8) is 0 Å². The molecule has 310 valence electrons. The Morgan fingerprint density at radius 3 is 1.02 bits per heavy atom. The fourth-order valence-corrected chi connectivity index (χ4v) is 6.90. The molecule has 0 spiro atoms. The molecule has 8 atom stereocenters. The van der Waals surface area contributed by atoms with Gasteiger partial charge in [0.2, 0.25) is 12.4 Å². The van der Waals surface area contributed by atoms with Crippen LogP contribution in [0.5, 0.6) is 0 Å². The summed E-state index contributed by atoms with van der Waals surface area (Å²) in [6.07, 6.45) is -4.70. The van der Waals surface area contributed by atoms with Gasteiger partial charge in [0.15, 0.2) is 11.1 Å². The zero-order valence-electron chi connectivity index (χ0n) is 32.7. The van der Waals surface area contributed by atoms with Crippen molar-refractivity contribution >= 4 is 45.8 Å². The predicted molar refractivity (Wildman–Crippen MR) is 221 cm³/mol. The molecule has 0 bridgehead atoms. The van der Waals surface area contributed by atoms with Gasteiger partial charge in [-0.25, -0.2) is 24.0 Å². The van der Waals surface area contributed by atoms with E-state index < -0.39 is 65.6 Å². The molecule has 0 N–H and O–H groups in total. The number of carbonyl (C=O) groups excluding carboxylic acids is 5. The number of carbonyl (C=O) groups is 5. The van der Waals surface area contributed by atoms with Gasteiger partial charge < -0.3 is 33.2 Å². The number of alkyl halides is 1. The van der Waals surface area contributed by atoms with Gasteiger partial charge in [0, 0.05) is 11.8 Å². The summed E-state index contributed by atoms with van der Waals surface area (Å²) >= 11 is 3.38. The Morgan fingerprint density at radius 2 is 0.667 bits per heavy atom. The van der Waals surface area contributed by atoms with Crippen LogP contribution in [0.4, 0.5) is 0 Å². The van der Waals surface area contributed by atoms with Crippen LogP contribution < -0.4 is 0 Å². The van der Waals surface area contributed by atoms with E-state index in [1.807, 2.05) is 26.0 Å². The van der Waals surface area contributed by atoms with Gasteiger partial charge in [-0.05, 0) is 60.7 Å². The van der Waals surface area contributed by atoms with Crippen LogP contribution in [0.2, 0.25) is 0 Å². The molecule has 2 saturated heterocycles. The second-order valence-corrected chi connectivity index (χ2v) is 15.0. The Labute approximate surface area is 355 Å². The molecular formula is C47H43BrO12. The van der Waals surface area contributed by atoms with E-state index in [0.29, 0.717) is 34.4 Å². The number of hydrogen-bond acceptors (Lipinski definition) is 12. The van der Waals surface area contributed by atoms with E-state index in [1.165, 1.54) is 0 Å². The molecule has 12 nitrogen and oxygen atoms in total. The topological polar surface area (TPSA) is 150 Å². The van der Waals surface area contributed by atoms with Crippen LogP contribution in [-0.4, -0.2) is 78.8 Å². The maximum atomic E-state index is 12.9. The summed E-state index contributed by atoms with van der Waals surface area (Å²) in [6, 6.07) is 42.7. The number of rotatable bonds is 10. The fourth-order valence-electron chi connectivity index (χ4n) is 6.34. The molecule has 0 radical (unpaired) electrons. The van der Waals surface area contributed by atoms with Crippen LogP contribution in [0.15, 0.2) is 152 Å². The Hall–Kier alpha value is -6.15. The highest BCUT2D eigenvalue weighted by molar-refractivity contribution is 9.09. The molecule has 0 saturated carbocycles. The van der Waals surface area contributed by atoms with Crippen LogP contribution in [0.25, 0.3) is 0 Å². The molecule has 5 aromatic carbocycles. The van der Waals surface area contributed by atoms with Crippen molar-refractivity contribution in [2.75, 3.05) is 13.2 Å². The number of esters is 5. The first-order valence-electron chi connectivity index (χ1n) is 19.3. The molecule has 0 aromatic heterocycles. The van der Waals surface area contributed by atoms with Crippen molar-refractivity contribution in [2.24, 2.45) is 11.8 Å². The van der Waals surface area contributed by atoms with E-state index in [0.717, 1.165) is 0 Å². The molecule has 2 heterocycles. The van der Waals surface area contributed by atoms with E-state index in [9.17, 15) is 24.0 Å². The van der Waals surface area contributed by atoms with E-state index >= 15 is 0 Å². The van der Waals surface area contributed by atoms with Gasteiger partial charge in [-0.2, -0.15) is 0 Å². The highest BCUT2D eigenvalue weighted by Gasteiger charge is 2.47. The Kier molecular flexibility index (Phi) is 15.4. The average molecular weight is 880 g/mol. The molecular weight excluding hydrogens is 836 g/mol. The van der Waals surface area contributed by atoms with Gasteiger partial charge in [0.1, 0.15) is 12.2 Å². The molecule has 0 aliphatic carbocycles. The van der Waals surface area contributed by atoms with Crippen molar-refractivity contribution in [3.8, 4) is 0 Å². The first-order valence-corrected chi connectivity index (χ1v) is 20.2. The minimum Gasteiger partial charge on any atom is -0.454 e. The molecule has 2 unspecified atom stereocenters. The number of ether oxygens (including phenoxy) is 7. The van der Waals surface area contributed by atoms with Crippen LogP contribution in [0.1, 0.15) is 65.6 Å². The van der Waals surface area contributed by atoms with Crippen molar-refractivity contribution < 1.29 is 57.1 Å². The minimum absolute atomic E-state index is 0.120. The Balaban J connectivity index is 0.000000209. The average Bonchev–Trinajstić information content (AvgIpc) is 3.29. The van der Waals surface area contributed by atoms with Crippen LogP contribution >= 0.6 is 15.9 Å². The number of benzene rings is 5. The zero-order chi connectivity index (χ0) is 42.4. The third kappa shape index (κ3) is 11.5. The maximum Gasteiger partial charge on any atom is 0.340 e. The summed E-state index contributed by atoms with van der Waals surface area (Å²) in [6.45, 7) is 4.23. The third-order valence-corrected chi connectivity index (χ3v) is 10.4. The summed E-state index contributed by atoms with van der Waals surface area (Å²) < 4.78 is 39.7. The minimum atomic E-state index is -1.26. The van der Waals surface area contributed by atoms with E-state index in [1.54, 1.807) is 140 Å². The van der Waals surface area contributed by atoms with Gasteiger partial charge in [-0.3, -0.25) is 0 Å². The lowest BCUT2D eigenvalue weighted by Gasteiger charge is -2.39. The van der Waals surface area contributed by atoms with Gasteiger partial charge in [-0.1, -0.05) is 121 Å². The highest BCUT2D eigenvalue weighted by Crippen LogP contribution is 2.31. The molecule has 60 heavy (non-hydrogen) atoms. The number of hydrogen-bond donors (Lipinski definition) is 0.